The van der Waals surface area contributed by atoms with Crippen LogP contribution in [-0.4, -0.2) is 53.0 Å². The molecule has 0 radical (unpaired) electrons. The average Bonchev–Trinajstić information content (AvgIpc) is 2.37. The van der Waals surface area contributed by atoms with Crippen molar-refractivity contribution >= 4 is 23.8 Å². The van der Waals surface area contributed by atoms with E-state index in [1.54, 1.807) is 6.92 Å². The van der Waals surface area contributed by atoms with E-state index in [1.165, 1.54) is 4.90 Å². The Morgan fingerprint density at radius 1 is 1.35 bits per heavy atom. The normalized spacial score (nSPS) is 18.6. The average molecular weight is 285 g/mol. The van der Waals surface area contributed by atoms with Crippen molar-refractivity contribution in [2.45, 2.75) is 38.6 Å². The van der Waals surface area contributed by atoms with E-state index in [1.807, 2.05) is 0 Å². The van der Waals surface area contributed by atoms with Crippen LogP contribution in [0, 0.1) is 0 Å². The van der Waals surface area contributed by atoms with Crippen LogP contribution in [0.15, 0.2) is 0 Å². The predicted octanol–water partition coefficient (Wildman–Crippen LogP) is -0.312. The van der Waals surface area contributed by atoms with Gasteiger partial charge in [-0.2, -0.15) is 0 Å². The topological polar surface area (TPSA) is 116 Å². The fourth-order valence-electron chi connectivity index (χ4n) is 1.84. The van der Waals surface area contributed by atoms with Crippen molar-refractivity contribution < 1.29 is 24.3 Å². The maximum atomic E-state index is 11.8. The van der Waals surface area contributed by atoms with Crippen molar-refractivity contribution in [3.05, 3.63) is 0 Å². The second kappa shape index (κ2) is 7.46. The standard InChI is InChI=1S/C12H19N3O5/c1-8-11(19)14-9(16)7-15(8)12(20)13-6-4-2-3-5-10(17)18/h8H,2-7H2,1H3,(H,13,20)(H,17,18)(H,14,16,19). The molecule has 8 heteroatoms. The molecule has 8 nitrogen and oxygen atoms in total. The number of nitrogens with one attached hydrogen (secondary N) is 2. The summed E-state index contributed by atoms with van der Waals surface area (Å²) in [5.74, 6) is -1.82. The number of piperazine rings is 1. The number of carboxylic acid groups (broad SMARTS) is 1. The minimum Gasteiger partial charge on any atom is -0.481 e. The van der Waals surface area contributed by atoms with Gasteiger partial charge in [0.05, 0.1) is 0 Å². The van der Waals surface area contributed by atoms with E-state index in [-0.39, 0.29) is 13.0 Å². The summed E-state index contributed by atoms with van der Waals surface area (Å²) in [6.07, 6.45) is 2.03. The molecule has 1 unspecified atom stereocenters. The molecule has 0 saturated carbocycles. The highest BCUT2D eigenvalue weighted by Crippen LogP contribution is 2.05. The highest BCUT2D eigenvalue weighted by Gasteiger charge is 2.33. The third kappa shape index (κ3) is 4.87. The van der Waals surface area contributed by atoms with Crippen molar-refractivity contribution in [1.29, 1.82) is 0 Å². The molecule has 4 amide bonds. The number of carbonyl (C=O) groups is 4. The van der Waals surface area contributed by atoms with Crippen molar-refractivity contribution in [2.75, 3.05) is 13.1 Å². The second-order valence-corrected chi connectivity index (χ2v) is 4.65. The van der Waals surface area contributed by atoms with Crippen LogP contribution in [0.1, 0.15) is 32.6 Å². The Morgan fingerprint density at radius 2 is 2.05 bits per heavy atom. The summed E-state index contributed by atoms with van der Waals surface area (Å²) in [5, 5.41) is 13.2. The summed E-state index contributed by atoms with van der Waals surface area (Å²) in [7, 11) is 0. The van der Waals surface area contributed by atoms with E-state index in [4.69, 9.17) is 5.11 Å². The molecule has 0 bridgehead atoms. The Kier molecular flexibility index (Phi) is 5.95. The summed E-state index contributed by atoms with van der Waals surface area (Å²) < 4.78 is 0. The van der Waals surface area contributed by atoms with Crippen LogP contribution in [0.4, 0.5) is 4.79 Å². The van der Waals surface area contributed by atoms with Gasteiger partial charge in [-0.1, -0.05) is 6.42 Å². The van der Waals surface area contributed by atoms with E-state index in [0.29, 0.717) is 25.8 Å². The van der Waals surface area contributed by atoms with Gasteiger partial charge in [0.1, 0.15) is 12.6 Å². The zero-order valence-electron chi connectivity index (χ0n) is 11.3. The van der Waals surface area contributed by atoms with Crippen molar-refractivity contribution in [1.82, 2.24) is 15.5 Å². The third-order valence-corrected chi connectivity index (χ3v) is 3.03. The van der Waals surface area contributed by atoms with Crippen LogP contribution < -0.4 is 10.6 Å². The van der Waals surface area contributed by atoms with Crippen molar-refractivity contribution in [3.63, 3.8) is 0 Å². The second-order valence-electron chi connectivity index (χ2n) is 4.65. The number of nitrogens with zero attached hydrogens (tertiary/aromatic N) is 1. The summed E-state index contributed by atoms with van der Waals surface area (Å²) in [5.41, 5.74) is 0. The van der Waals surface area contributed by atoms with Crippen LogP contribution in [0.2, 0.25) is 0 Å². The first kappa shape index (κ1) is 15.9. The molecule has 1 fully saturated rings. The lowest BCUT2D eigenvalue weighted by Gasteiger charge is -2.31. The quantitative estimate of drug-likeness (QED) is 0.457. The van der Waals surface area contributed by atoms with Crippen LogP contribution in [0.5, 0.6) is 0 Å². The molecular weight excluding hydrogens is 266 g/mol. The van der Waals surface area contributed by atoms with Gasteiger partial charge in [0, 0.05) is 13.0 Å². The zero-order chi connectivity index (χ0) is 15.1. The van der Waals surface area contributed by atoms with Crippen molar-refractivity contribution in [3.8, 4) is 0 Å². The van der Waals surface area contributed by atoms with Gasteiger partial charge < -0.3 is 15.3 Å². The Labute approximate surface area is 116 Å². The fraction of sp³-hybridized carbons (Fsp3) is 0.667. The molecule has 0 aromatic carbocycles. The lowest BCUT2D eigenvalue weighted by molar-refractivity contribution is -0.138. The Hall–Kier alpha value is -2.12. The number of hydrogen-bond acceptors (Lipinski definition) is 4. The van der Waals surface area contributed by atoms with E-state index in [9.17, 15) is 19.2 Å². The molecule has 20 heavy (non-hydrogen) atoms. The third-order valence-electron chi connectivity index (χ3n) is 3.03. The molecule has 0 aromatic rings. The number of hydrogen-bond donors (Lipinski definition) is 3. The first-order chi connectivity index (χ1) is 9.41. The molecule has 1 aliphatic heterocycles. The molecule has 1 aliphatic rings. The predicted molar refractivity (Wildman–Crippen MR) is 68.8 cm³/mol. The summed E-state index contributed by atoms with van der Waals surface area (Å²) in [6.45, 7) is 1.80. The van der Waals surface area contributed by atoms with Crippen molar-refractivity contribution in [2.24, 2.45) is 0 Å². The summed E-state index contributed by atoms with van der Waals surface area (Å²) >= 11 is 0. The molecule has 1 rings (SSSR count). The van der Waals surface area contributed by atoms with Gasteiger partial charge >= 0.3 is 12.0 Å². The molecule has 3 N–H and O–H groups in total. The number of aliphatic carboxylic acids is 1. The van der Waals surface area contributed by atoms with Gasteiger partial charge in [-0.15, -0.1) is 0 Å². The van der Waals surface area contributed by atoms with Crippen LogP contribution in [0.25, 0.3) is 0 Å². The molecule has 0 aliphatic carbocycles. The minimum atomic E-state index is -0.833. The number of imide groups is 1. The fourth-order valence-corrected chi connectivity index (χ4v) is 1.84. The summed E-state index contributed by atoms with van der Waals surface area (Å²) in [6, 6.07) is -1.14. The number of unbranched alkanes of at least 4 members (excludes halogenated alkanes) is 2. The molecule has 0 spiro atoms. The van der Waals surface area contributed by atoms with E-state index >= 15 is 0 Å². The van der Waals surface area contributed by atoms with Crippen LogP contribution >= 0.6 is 0 Å². The number of carboxylic acids is 1. The van der Waals surface area contributed by atoms with Gasteiger partial charge in [0.25, 0.3) is 0 Å². The van der Waals surface area contributed by atoms with Crippen LogP contribution in [-0.2, 0) is 14.4 Å². The number of amides is 4. The number of carbonyl (C=O) groups excluding carboxylic acids is 3. The highest BCUT2D eigenvalue weighted by atomic mass is 16.4. The van der Waals surface area contributed by atoms with E-state index in [2.05, 4.69) is 10.6 Å². The van der Waals surface area contributed by atoms with E-state index in [0.717, 1.165) is 0 Å². The monoisotopic (exact) mass is 285 g/mol. The smallest absolute Gasteiger partial charge is 0.318 e. The first-order valence-corrected chi connectivity index (χ1v) is 6.51. The van der Waals surface area contributed by atoms with Gasteiger partial charge in [-0.05, 0) is 19.8 Å². The largest absolute Gasteiger partial charge is 0.481 e. The molecule has 1 saturated heterocycles. The van der Waals surface area contributed by atoms with Gasteiger partial charge in [0.2, 0.25) is 11.8 Å². The zero-order valence-corrected chi connectivity index (χ0v) is 11.3. The maximum absolute atomic E-state index is 11.8. The lowest BCUT2D eigenvalue weighted by Crippen LogP contribution is -2.60. The maximum Gasteiger partial charge on any atom is 0.318 e. The number of urea groups is 1. The lowest BCUT2D eigenvalue weighted by atomic mass is 10.2. The molecule has 112 valence electrons. The van der Waals surface area contributed by atoms with Gasteiger partial charge in [-0.25, -0.2) is 4.79 Å². The Balaban J connectivity index is 2.26. The molecule has 1 heterocycles. The van der Waals surface area contributed by atoms with Gasteiger partial charge in [0.15, 0.2) is 0 Å². The number of rotatable bonds is 6. The SMILES string of the molecule is CC1C(=O)NC(=O)CN1C(=O)NCCCCCC(=O)O. The molecule has 0 aromatic heterocycles. The first-order valence-electron chi connectivity index (χ1n) is 6.51. The Morgan fingerprint density at radius 3 is 2.70 bits per heavy atom. The van der Waals surface area contributed by atoms with Crippen LogP contribution in [0.3, 0.4) is 0 Å². The minimum absolute atomic E-state index is 0.117. The highest BCUT2D eigenvalue weighted by molar-refractivity contribution is 6.03. The Bertz CT molecular complexity index is 410. The molecule has 1 atom stereocenters. The van der Waals surface area contributed by atoms with E-state index < -0.39 is 29.9 Å². The van der Waals surface area contributed by atoms with Gasteiger partial charge in [-0.3, -0.25) is 19.7 Å². The summed E-state index contributed by atoms with van der Waals surface area (Å²) in [4.78, 5) is 45.9. The molecular formula is C12H19N3O5.